The van der Waals surface area contributed by atoms with Crippen LogP contribution in [-0.4, -0.2) is 47.8 Å². The molecule has 0 fully saturated rings. The van der Waals surface area contributed by atoms with Crippen LogP contribution >= 0.6 is 0 Å². The minimum atomic E-state index is -0.932. The summed E-state index contributed by atoms with van der Waals surface area (Å²) in [5.74, 6) is 0.0906. The Morgan fingerprint density at radius 2 is 2.17 bits per heavy atom. The molecule has 0 bridgehead atoms. The topological polar surface area (TPSA) is 71.0 Å². The van der Waals surface area contributed by atoms with Crippen LogP contribution in [0.4, 0.5) is 0 Å². The predicted octanol–water partition coefficient (Wildman–Crippen LogP) is 1.78. The normalized spacial score (nSPS) is 22.8. The highest BCUT2D eigenvalue weighted by molar-refractivity contribution is 6.09. The molecule has 0 aromatic rings. The van der Waals surface area contributed by atoms with E-state index in [2.05, 4.69) is 17.2 Å². The summed E-state index contributed by atoms with van der Waals surface area (Å²) in [6.07, 6.45) is 10.2. The van der Waals surface area contributed by atoms with Gasteiger partial charge in [-0.05, 0) is 31.9 Å². The van der Waals surface area contributed by atoms with Crippen molar-refractivity contribution in [2.75, 3.05) is 19.8 Å². The molecule has 0 aliphatic carbocycles. The molecule has 6 nitrogen and oxygen atoms in total. The number of rotatable bonds is 8. The molecule has 0 radical (unpaired) electrons. The third-order valence-electron chi connectivity index (χ3n) is 3.99. The summed E-state index contributed by atoms with van der Waals surface area (Å²) in [6.45, 7) is 5.83. The minimum Gasteiger partial charge on any atom is -0.381 e. The van der Waals surface area contributed by atoms with E-state index >= 15 is 0 Å². The highest BCUT2D eigenvalue weighted by atomic mass is 16.5. The number of carbonyl (C=O) groups is 2. The quantitative estimate of drug-likeness (QED) is 0.692. The molecule has 1 atom stereocenters. The van der Waals surface area contributed by atoms with Crippen molar-refractivity contribution in [1.29, 1.82) is 0 Å². The lowest BCUT2D eigenvalue weighted by atomic mass is 9.91. The number of hydrogen-bond acceptors (Lipinski definition) is 4. The first-order valence-corrected chi connectivity index (χ1v) is 8.19. The number of amides is 2. The van der Waals surface area contributed by atoms with E-state index in [0.717, 1.165) is 25.9 Å². The minimum absolute atomic E-state index is 0.0769. The van der Waals surface area contributed by atoms with Crippen LogP contribution in [0.15, 0.2) is 29.4 Å². The van der Waals surface area contributed by atoms with E-state index in [1.54, 1.807) is 30.2 Å². The highest BCUT2D eigenvalue weighted by Crippen LogP contribution is 2.27. The number of unbranched alkanes of at least 4 members (excludes halogenated alkanes) is 1. The Hall–Kier alpha value is -1.95. The fourth-order valence-electron chi connectivity index (χ4n) is 2.59. The van der Waals surface area contributed by atoms with Gasteiger partial charge in [0.1, 0.15) is 11.4 Å². The first-order chi connectivity index (χ1) is 11.1. The number of carbonyl (C=O) groups excluding carboxylic acids is 2. The summed E-state index contributed by atoms with van der Waals surface area (Å²) < 4.78 is 5.47. The van der Waals surface area contributed by atoms with Crippen molar-refractivity contribution in [3.8, 4) is 0 Å². The van der Waals surface area contributed by atoms with Gasteiger partial charge in [-0.1, -0.05) is 19.4 Å². The van der Waals surface area contributed by atoms with Gasteiger partial charge in [-0.2, -0.15) is 4.99 Å². The molecular formula is C17H25N3O3. The van der Waals surface area contributed by atoms with Gasteiger partial charge in [0, 0.05) is 26.0 Å². The van der Waals surface area contributed by atoms with E-state index in [9.17, 15) is 9.59 Å². The summed E-state index contributed by atoms with van der Waals surface area (Å²) in [6, 6.07) is 0. The molecule has 1 N–H and O–H groups in total. The van der Waals surface area contributed by atoms with E-state index in [4.69, 9.17) is 4.74 Å². The van der Waals surface area contributed by atoms with E-state index in [0.29, 0.717) is 19.0 Å². The lowest BCUT2D eigenvalue weighted by molar-refractivity contribution is -0.134. The van der Waals surface area contributed by atoms with Gasteiger partial charge in [-0.3, -0.25) is 9.59 Å². The van der Waals surface area contributed by atoms with Gasteiger partial charge in [0.15, 0.2) is 0 Å². The van der Waals surface area contributed by atoms with Gasteiger partial charge >= 0.3 is 0 Å². The molecule has 6 heteroatoms. The average Bonchev–Trinajstić information content (AvgIpc) is 2.53. The van der Waals surface area contributed by atoms with Crippen LogP contribution in [0.1, 0.15) is 39.5 Å². The van der Waals surface area contributed by atoms with Gasteiger partial charge < -0.3 is 15.0 Å². The Balaban J connectivity index is 1.86. The second kappa shape index (κ2) is 8.06. The third-order valence-corrected chi connectivity index (χ3v) is 3.99. The molecule has 0 saturated carbocycles. The standard InChI is InChI=1S/C17H25N3O3/c1-3-4-11-23-12-7-9-18-16(22)17(2)13-15(21)19-14-8-5-6-10-20(14)17/h5-6,8,10H,3-4,7,9,11-13H2,1-2H3,(H,18,22). The van der Waals surface area contributed by atoms with E-state index in [-0.39, 0.29) is 18.2 Å². The van der Waals surface area contributed by atoms with Crippen molar-refractivity contribution in [2.24, 2.45) is 4.99 Å². The summed E-state index contributed by atoms with van der Waals surface area (Å²) in [4.78, 5) is 30.2. The number of amidine groups is 1. The highest BCUT2D eigenvalue weighted by Gasteiger charge is 2.44. The molecule has 0 spiro atoms. The molecule has 0 aromatic carbocycles. The van der Waals surface area contributed by atoms with Crippen LogP contribution in [0.3, 0.4) is 0 Å². The van der Waals surface area contributed by atoms with Crippen LogP contribution in [0.2, 0.25) is 0 Å². The second-order valence-electron chi connectivity index (χ2n) is 5.96. The van der Waals surface area contributed by atoms with E-state index in [1.165, 1.54) is 0 Å². The number of aliphatic imine (C=N–C) groups is 1. The SMILES string of the molecule is CCCCOCCCNC(=O)C1(C)CC(=O)N=C2C=CC=CN21. The maximum Gasteiger partial charge on any atom is 0.250 e. The van der Waals surface area contributed by atoms with Crippen LogP contribution < -0.4 is 5.32 Å². The second-order valence-corrected chi connectivity index (χ2v) is 5.96. The monoisotopic (exact) mass is 319 g/mol. The Morgan fingerprint density at radius 3 is 2.96 bits per heavy atom. The molecular weight excluding hydrogens is 294 g/mol. The van der Waals surface area contributed by atoms with Crippen molar-refractivity contribution in [2.45, 2.75) is 45.1 Å². The first kappa shape index (κ1) is 17.4. The predicted molar refractivity (Wildman–Crippen MR) is 88.9 cm³/mol. The number of ether oxygens (including phenoxy) is 1. The van der Waals surface area contributed by atoms with Gasteiger partial charge in [-0.15, -0.1) is 0 Å². The molecule has 126 valence electrons. The van der Waals surface area contributed by atoms with E-state index in [1.807, 2.05) is 6.08 Å². The molecule has 2 rings (SSSR count). The molecule has 2 heterocycles. The summed E-state index contributed by atoms with van der Waals surface area (Å²) >= 11 is 0. The van der Waals surface area contributed by atoms with Crippen LogP contribution in [-0.2, 0) is 14.3 Å². The largest absolute Gasteiger partial charge is 0.381 e. The number of hydrogen-bond donors (Lipinski definition) is 1. The fourth-order valence-corrected chi connectivity index (χ4v) is 2.59. The first-order valence-electron chi connectivity index (χ1n) is 8.19. The Labute approximate surface area is 137 Å². The van der Waals surface area contributed by atoms with Crippen molar-refractivity contribution >= 4 is 17.6 Å². The number of nitrogens with zero attached hydrogens (tertiary/aromatic N) is 2. The number of nitrogens with one attached hydrogen (secondary N) is 1. The molecule has 2 amide bonds. The summed E-state index contributed by atoms with van der Waals surface area (Å²) in [7, 11) is 0. The maximum atomic E-state index is 12.6. The van der Waals surface area contributed by atoms with Crippen molar-refractivity contribution in [3.63, 3.8) is 0 Å². The lowest BCUT2D eigenvalue weighted by Gasteiger charge is -2.41. The maximum absolute atomic E-state index is 12.6. The summed E-state index contributed by atoms with van der Waals surface area (Å²) in [5, 5.41) is 2.91. The molecule has 2 aliphatic rings. The van der Waals surface area contributed by atoms with Gasteiger partial charge in [-0.25, -0.2) is 0 Å². The van der Waals surface area contributed by atoms with E-state index < -0.39 is 5.54 Å². The van der Waals surface area contributed by atoms with Gasteiger partial charge in [0.05, 0.1) is 6.42 Å². The Morgan fingerprint density at radius 1 is 1.39 bits per heavy atom. The summed E-state index contributed by atoms with van der Waals surface area (Å²) in [5.41, 5.74) is -0.932. The fraction of sp³-hybridized carbons (Fsp3) is 0.588. The molecule has 23 heavy (non-hydrogen) atoms. The zero-order valence-electron chi connectivity index (χ0n) is 13.9. The van der Waals surface area contributed by atoms with Crippen molar-refractivity contribution in [1.82, 2.24) is 10.2 Å². The third kappa shape index (κ3) is 4.28. The van der Waals surface area contributed by atoms with Gasteiger partial charge in [0.2, 0.25) is 5.91 Å². The smallest absolute Gasteiger partial charge is 0.250 e. The Bertz CT molecular complexity index is 539. The molecule has 0 aromatic heterocycles. The number of fused-ring (bicyclic) bond motifs is 1. The zero-order chi connectivity index (χ0) is 16.7. The van der Waals surface area contributed by atoms with Crippen molar-refractivity contribution in [3.05, 3.63) is 24.4 Å². The number of allylic oxidation sites excluding steroid dienone is 2. The van der Waals surface area contributed by atoms with Crippen LogP contribution in [0, 0.1) is 0 Å². The molecule has 1 unspecified atom stereocenters. The lowest BCUT2D eigenvalue weighted by Crippen LogP contribution is -2.60. The van der Waals surface area contributed by atoms with Crippen LogP contribution in [0.25, 0.3) is 0 Å². The molecule has 2 aliphatic heterocycles. The van der Waals surface area contributed by atoms with Crippen molar-refractivity contribution < 1.29 is 14.3 Å². The average molecular weight is 319 g/mol. The van der Waals surface area contributed by atoms with Crippen LogP contribution in [0.5, 0.6) is 0 Å². The van der Waals surface area contributed by atoms with Gasteiger partial charge in [0.25, 0.3) is 5.91 Å². The Kier molecular flexibility index (Phi) is 6.10. The zero-order valence-corrected chi connectivity index (χ0v) is 13.9. The molecule has 0 saturated heterocycles.